The molecule has 1 atom stereocenters. The third-order valence-electron chi connectivity index (χ3n) is 7.90. The molecular weight excluding hydrogens is 498 g/mol. The van der Waals surface area contributed by atoms with Gasteiger partial charge in [-0.3, -0.25) is 13.9 Å². The Morgan fingerprint density at radius 3 is 2.47 bits per heavy atom. The van der Waals surface area contributed by atoms with E-state index in [1.165, 1.54) is 4.31 Å². The summed E-state index contributed by atoms with van der Waals surface area (Å²) >= 11 is 0. The summed E-state index contributed by atoms with van der Waals surface area (Å²) in [6.45, 7) is 4.31. The van der Waals surface area contributed by atoms with Crippen LogP contribution in [0.15, 0.2) is 65.6 Å². The van der Waals surface area contributed by atoms with Crippen LogP contribution in [-0.2, 0) is 26.2 Å². The molecule has 1 aliphatic carbocycles. The molecular formula is C30H35N3O4S. The number of nitrogens with one attached hydrogen (secondary N) is 1. The molecule has 5 rings (SSSR count). The number of benzene rings is 3. The van der Waals surface area contributed by atoms with E-state index < -0.39 is 16.1 Å². The Labute approximate surface area is 224 Å². The highest BCUT2D eigenvalue weighted by Gasteiger charge is 2.35. The minimum Gasteiger partial charge on any atom is -0.352 e. The van der Waals surface area contributed by atoms with Gasteiger partial charge in [0.05, 0.1) is 10.6 Å². The van der Waals surface area contributed by atoms with E-state index in [2.05, 4.69) is 5.32 Å². The quantitative estimate of drug-likeness (QED) is 0.423. The number of anilines is 1. The number of hydrogen-bond donors (Lipinski definition) is 1. The van der Waals surface area contributed by atoms with E-state index in [1.807, 2.05) is 55.5 Å². The highest BCUT2D eigenvalue weighted by atomic mass is 32.2. The molecule has 0 radical (unpaired) electrons. The van der Waals surface area contributed by atoms with Crippen molar-refractivity contribution in [1.29, 1.82) is 0 Å². The fourth-order valence-corrected chi connectivity index (χ4v) is 7.41. The van der Waals surface area contributed by atoms with Gasteiger partial charge in [0.15, 0.2) is 0 Å². The van der Waals surface area contributed by atoms with Gasteiger partial charge in [0.2, 0.25) is 11.8 Å². The van der Waals surface area contributed by atoms with Gasteiger partial charge in [0, 0.05) is 30.9 Å². The molecule has 1 heterocycles. The number of hydrogen-bond acceptors (Lipinski definition) is 4. The lowest BCUT2D eigenvalue weighted by Gasteiger charge is -2.30. The van der Waals surface area contributed by atoms with Gasteiger partial charge in [-0.15, -0.1) is 0 Å². The first kappa shape index (κ1) is 26.2. The van der Waals surface area contributed by atoms with Crippen LogP contribution in [0.1, 0.15) is 56.6 Å². The summed E-state index contributed by atoms with van der Waals surface area (Å²) < 4.78 is 28.0. The molecule has 2 aliphatic rings. The second-order valence-electron chi connectivity index (χ2n) is 10.4. The summed E-state index contributed by atoms with van der Waals surface area (Å²) in [5.74, 6) is -0.294. The number of nitrogens with zero attached hydrogens (tertiary/aromatic N) is 2. The van der Waals surface area contributed by atoms with Crippen LogP contribution in [0.4, 0.5) is 5.69 Å². The Morgan fingerprint density at radius 1 is 1.03 bits per heavy atom. The normalized spacial score (nSPS) is 17.1. The molecule has 200 valence electrons. The number of aryl methyl sites for hydroxylation is 1. The van der Waals surface area contributed by atoms with Crippen molar-refractivity contribution in [2.75, 3.05) is 10.8 Å². The van der Waals surface area contributed by atoms with E-state index in [4.69, 9.17) is 0 Å². The van der Waals surface area contributed by atoms with E-state index in [0.717, 1.165) is 47.6 Å². The predicted octanol–water partition coefficient (Wildman–Crippen LogP) is 4.91. The number of amides is 2. The van der Waals surface area contributed by atoms with E-state index in [1.54, 1.807) is 24.0 Å². The zero-order chi connectivity index (χ0) is 26.9. The summed E-state index contributed by atoms with van der Waals surface area (Å²) in [5.41, 5.74) is 2.71. The molecule has 2 amide bonds. The minimum atomic E-state index is -3.67. The molecule has 7 nitrogen and oxygen atoms in total. The maximum absolute atomic E-state index is 13.6. The summed E-state index contributed by atoms with van der Waals surface area (Å²) in [7, 11) is -3.67. The number of rotatable bonds is 9. The third kappa shape index (κ3) is 5.01. The first-order chi connectivity index (χ1) is 18.3. The smallest absolute Gasteiger partial charge is 0.265 e. The topological polar surface area (TPSA) is 86.8 Å². The van der Waals surface area contributed by atoms with Crippen LogP contribution in [0.3, 0.4) is 0 Å². The van der Waals surface area contributed by atoms with E-state index in [0.29, 0.717) is 23.5 Å². The van der Waals surface area contributed by atoms with Crippen molar-refractivity contribution >= 4 is 38.3 Å². The van der Waals surface area contributed by atoms with Crippen LogP contribution in [0.5, 0.6) is 0 Å². The molecule has 8 heteroatoms. The second-order valence-corrected chi connectivity index (χ2v) is 12.3. The number of carbonyl (C=O) groups excluding carboxylic acids is 2. The van der Waals surface area contributed by atoms with Crippen LogP contribution in [-0.4, -0.2) is 43.8 Å². The molecule has 1 fully saturated rings. The Morgan fingerprint density at radius 2 is 1.74 bits per heavy atom. The Hall–Kier alpha value is -3.39. The lowest BCUT2D eigenvalue weighted by molar-refractivity contribution is -0.141. The van der Waals surface area contributed by atoms with Crippen molar-refractivity contribution in [3.8, 4) is 0 Å². The van der Waals surface area contributed by atoms with Gasteiger partial charge in [0.1, 0.15) is 6.04 Å². The molecule has 1 aliphatic heterocycles. The Kier molecular flexibility index (Phi) is 7.43. The maximum atomic E-state index is 13.6. The van der Waals surface area contributed by atoms with Crippen LogP contribution in [0, 0.1) is 6.92 Å². The Bertz CT molecular complexity index is 1460. The molecule has 3 aromatic carbocycles. The largest absolute Gasteiger partial charge is 0.352 e. The van der Waals surface area contributed by atoms with Gasteiger partial charge in [0.25, 0.3) is 10.0 Å². The summed E-state index contributed by atoms with van der Waals surface area (Å²) in [5, 5.41) is 4.75. The van der Waals surface area contributed by atoms with Crippen LogP contribution in [0.25, 0.3) is 10.8 Å². The Balaban J connectivity index is 1.30. The lowest BCUT2D eigenvalue weighted by Crippen LogP contribution is -2.49. The van der Waals surface area contributed by atoms with Crippen molar-refractivity contribution in [1.82, 2.24) is 10.2 Å². The van der Waals surface area contributed by atoms with Crippen molar-refractivity contribution < 1.29 is 18.0 Å². The van der Waals surface area contributed by atoms with Gasteiger partial charge in [-0.05, 0) is 61.8 Å². The molecule has 38 heavy (non-hydrogen) atoms. The predicted molar refractivity (Wildman–Crippen MR) is 149 cm³/mol. The van der Waals surface area contributed by atoms with E-state index in [9.17, 15) is 18.0 Å². The van der Waals surface area contributed by atoms with Crippen LogP contribution < -0.4 is 9.62 Å². The number of sulfonamides is 1. The van der Waals surface area contributed by atoms with Crippen molar-refractivity contribution in [2.45, 2.75) is 75.9 Å². The fourth-order valence-electron chi connectivity index (χ4n) is 5.66. The number of carbonyl (C=O) groups is 2. The molecule has 0 unspecified atom stereocenters. The van der Waals surface area contributed by atoms with Gasteiger partial charge >= 0.3 is 0 Å². The highest BCUT2D eigenvalue weighted by Crippen LogP contribution is 2.42. The highest BCUT2D eigenvalue weighted by molar-refractivity contribution is 7.93. The molecule has 0 bridgehead atoms. The van der Waals surface area contributed by atoms with Crippen LogP contribution in [0.2, 0.25) is 0 Å². The average molecular weight is 534 g/mol. The van der Waals surface area contributed by atoms with Gasteiger partial charge < -0.3 is 10.2 Å². The molecule has 1 N–H and O–H groups in total. The summed E-state index contributed by atoms with van der Waals surface area (Å²) in [6, 6.07) is 18.3. The molecule has 3 aromatic rings. The molecule has 1 saturated carbocycles. The second kappa shape index (κ2) is 10.8. The zero-order valence-electron chi connectivity index (χ0n) is 22.0. The van der Waals surface area contributed by atoms with Crippen molar-refractivity contribution in [3.63, 3.8) is 0 Å². The van der Waals surface area contributed by atoms with Gasteiger partial charge in [-0.1, -0.05) is 61.4 Å². The first-order valence-corrected chi connectivity index (χ1v) is 14.9. The summed E-state index contributed by atoms with van der Waals surface area (Å²) in [4.78, 5) is 28.6. The third-order valence-corrected chi connectivity index (χ3v) is 9.76. The van der Waals surface area contributed by atoms with E-state index >= 15 is 0 Å². The lowest BCUT2D eigenvalue weighted by atomic mass is 10.1. The standard InChI is InChI=1S/C30H35N3O4S/c1-21-10-3-4-11-24(21)20-32(22(2)30(35)31-25-14-5-6-15-25)28(34)18-9-19-33-26-16-7-12-23-13-8-17-27(29(23)26)38(33,36)37/h3-4,7-8,10-13,16-17,22,25H,5-6,9,14-15,18-20H2,1-2H3,(H,31,35)/t22-/m1/s1. The van der Waals surface area contributed by atoms with E-state index in [-0.39, 0.29) is 30.8 Å². The first-order valence-electron chi connectivity index (χ1n) is 13.5. The minimum absolute atomic E-state index is 0.136. The van der Waals surface area contributed by atoms with Gasteiger partial charge in [-0.2, -0.15) is 0 Å². The molecule has 0 saturated heterocycles. The maximum Gasteiger partial charge on any atom is 0.265 e. The molecule has 0 spiro atoms. The van der Waals surface area contributed by atoms with Gasteiger partial charge in [-0.25, -0.2) is 8.42 Å². The monoisotopic (exact) mass is 533 g/mol. The SMILES string of the molecule is Cc1ccccc1CN(C(=O)CCCN1c2cccc3cccc(c23)S1(=O)=O)[C@H](C)C(=O)NC1CCCC1. The van der Waals surface area contributed by atoms with Crippen molar-refractivity contribution in [3.05, 3.63) is 71.8 Å². The van der Waals surface area contributed by atoms with Crippen LogP contribution >= 0.6 is 0 Å². The fraction of sp³-hybridized carbons (Fsp3) is 0.400. The van der Waals surface area contributed by atoms with Crippen molar-refractivity contribution in [2.24, 2.45) is 0 Å². The zero-order valence-corrected chi connectivity index (χ0v) is 22.8. The molecule has 0 aromatic heterocycles. The summed E-state index contributed by atoms with van der Waals surface area (Å²) in [6.07, 6.45) is 4.67. The average Bonchev–Trinajstić information content (AvgIpc) is 3.49.